The van der Waals surface area contributed by atoms with Crippen LogP contribution in [0, 0.1) is 0 Å². The van der Waals surface area contributed by atoms with Crippen LogP contribution in [0.1, 0.15) is 38.5 Å². The molecular weight excluding hydrogens is 264 g/mol. The van der Waals surface area contributed by atoms with E-state index >= 15 is 0 Å². The Morgan fingerprint density at radius 1 is 1.32 bits per heavy atom. The second kappa shape index (κ2) is 6.03. The van der Waals surface area contributed by atoms with Gasteiger partial charge in [0, 0.05) is 18.8 Å². The molecule has 108 valence electrons. The number of carbonyl (C=O) groups is 2. The molecule has 1 unspecified atom stereocenters. The number of thioether (sulfide) groups is 1. The van der Waals surface area contributed by atoms with Crippen LogP contribution in [0.2, 0.25) is 0 Å². The molecule has 2 N–H and O–H groups in total. The molecule has 1 aliphatic heterocycles. The number of aliphatic carboxylic acids is 1. The molecule has 0 aromatic heterocycles. The van der Waals surface area contributed by atoms with Crippen LogP contribution in [-0.4, -0.2) is 52.1 Å². The van der Waals surface area contributed by atoms with E-state index in [4.69, 9.17) is 0 Å². The summed E-state index contributed by atoms with van der Waals surface area (Å²) >= 11 is 1.84. The van der Waals surface area contributed by atoms with Gasteiger partial charge in [0.1, 0.15) is 5.54 Å². The highest BCUT2D eigenvalue weighted by Gasteiger charge is 2.42. The molecule has 0 bridgehead atoms. The fourth-order valence-electron chi connectivity index (χ4n) is 2.83. The molecular formula is C13H22N2O3S. The molecule has 1 aliphatic carbocycles. The number of urea groups is 1. The van der Waals surface area contributed by atoms with Gasteiger partial charge in [-0.1, -0.05) is 19.3 Å². The summed E-state index contributed by atoms with van der Waals surface area (Å²) in [6, 6.07) is -0.00349. The zero-order chi connectivity index (χ0) is 13.9. The lowest BCUT2D eigenvalue weighted by Gasteiger charge is -2.36. The molecule has 1 atom stereocenters. The van der Waals surface area contributed by atoms with E-state index in [0.717, 1.165) is 37.2 Å². The van der Waals surface area contributed by atoms with Gasteiger partial charge in [-0.3, -0.25) is 0 Å². The van der Waals surface area contributed by atoms with Gasteiger partial charge in [-0.05, 0) is 25.0 Å². The third-order valence-electron chi connectivity index (χ3n) is 4.24. The number of amides is 2. The van der Waals surface area contributed by atoms with Gasteiger partial charge in [-0.25, -0.2) is 9.59 Å². The maximum atomic E-state index is 12.3. The summed E-state index contributed by atoms with van der Waals surface area (Å²) in [5, 5.41) is 12.2. The van der Waals surface area contributed by atoms with Crippen molar-refractivity contribution in [3.8, 4) is 0 Å². The average molecular weight is 286 g/mol. The van der Waals surface area contributed by atoms with Crippen molar-refractivity contribution in [3.63, 3.8) is 0 Å². The number of carbonyl (C=O) groups excluding carboxylic acids is 1. The third-order valence-corrected chi connectivity index (χ3v) is 5.38. The standard InChI is InChI=1S/C13H22N2O3S/c1-15(10-5-8-19-9-10)12(18)14-13(11(16)17)6-3-2-4-7-13/h10H,2-9H2,1H3,(H,14,18)(H,16,17). The highest BCUT2D eigenvalue weighted by Crippen LogP contribution is 2.29. The number of rotatable bonds is 3. The molecule has 0 aromatic carbocycles. The second-order valence-electron chi connectivity index (χ2n) is 5.51. The Balaban J connectivity index is 2.00. The minimum absolute atomic E-state index is 0.236. The predicted octanol–water partition coefficient (Wildman–Crippen LogP) is 1.92. The molecule has 1 heterocycles. The van der Waals surface area contributed by atoms with Gasteiger partial charge in [-0.15, -0.1) is 0 Å². The molecule has 2 rings (SSSR count). The average Bonchev–Trinajstić information content (AvgIpc) is 2.92. The van der Waals surface area contributed by atoms with Crippen molar-refractivity contribution >= 4 is 23.8 Å². The van der Waals surface area contributed by atoms with Gasteiger partial charge in [0.2, 0.25) is 0 Å². The van der Waals surface area contributed by atoms with Crippen molar-refractivity contribution in [1.82, 2.24) is 10.2 Å². The molecule has 0 spiro atoms. The van der Waals surface area contributed by atoms with E-state index in [1.807, 2.05) is 11.8 Å². The molecule has 2 aliphatic rings. The Labute approximate surface area is 118 Å². The minimum Gasteiger partial charge on any atom is -0.480 e. The van der Waals surface area contributed by atoms with E-state index in [0.29, 0.717) is 12.8 Å². The number of hydrogen-bond donors (Lipinski definition) is 2. The Hall–Kier alpha value is -0.910. The lowest BCUT2D eigenvalue weighted by Crippen LogP contribution is -2.59. The SMILES string of the molecule is CN(C(=O)NC1(C(=O)O)CCCCC1)C1CCSC1. The largest absolute Gasteiger partial charge is 0.480 e. The molecule has 5 nitrogen and oxygen atoms in total. The quantitative estimate of drug-likeness (QED) is 0.831. The molecule has 6 heteroatoms. The Bertz CT molecular complexity index is 350. The van der Waals surface area contributed by atoms with Crippen LogP contribution in [0.5, 0.6) is 0 Å². The summed E-state index contributed by atoms with van der Waals surface area (Å²) in [6.45, 7) is 0. The van der Waals surface area contributed by atoms with E-state index in [-0.39, 0.29) is 12.1 Å². The molecule has 2 fully saturated rings. The van der Waals surface area contributed by atoms with Crippen molar-refractivity contribution in [1.29, 1.82) is 0 Å². The topological polar surface area (TPSA) is 69.6 Å². The van der Waals surface area contributed by atoms with Crippen LogP contribution < -0.4 is 5.32 Å². The van der Waals surface area contributed by atoms with Gasteiger partial charge in [-0.2, -0.15) is 11.8 Å². The lowest BCUT2D eigenvalue weighted by molar-refractivity contribution is -0.146. The zero-order valence-electron chi connectivity index (χ0n) is 11.4. The molecule has 19 heavy (non-hydrogen) atoms. The summed E-state index contributed by atoms with van der Waals surface area (Å²) in [5.74, 6) is 1.13. The Morgan fingerprint density at radius 2 is 2.00 bits per heavy atom. The van der Waals surface area contributed by atoms with Crippen molar-refractivity contribution in [3.05, 3.63) is 0 Å². The first-order chi connectivity index (χ1) is 9.05. The summed E-state index contributed by atoms with van der Waals surface area (Å²) in [7, 11) is 1.77. The maximum absolute atomic E-state index is 12.3. The van der Waals surface area contributed by atoms with Gasteiger partial charge in [0.25, 0.3) is 0 Å². The van der Waals surface area contributed by atoms with Gasteiger partial charge in [0.15, 0.2) is 0 Å². The minimum atomic E-state index is -1.05. The first-order valence-electron chi connectivity index (χ1n) is 6.91. The summed E-state index contributed by atoms with van der Waals surface area (Å²) in [6.07, 6.45) is 4.88. The summed E-state index contributed by atoms with van der Waals surface area (Å²) in [4.78, 5) is 25.4. The fraction of sp³-hybridized carbons (Fsp3) is 0.846. The van der Waals surface area contributed by atoms with E-state index in [1.54, 1.807) is 11.9 Å². The summed E-state index contributed by atoms with van der Waals surface area (Å²) < 4.78 is 0. The molecule has 2 amide bonds. The van der Waals surface area contributed by atoms with Gasteiger partial charge < -0.3 is 15.3 Å². The highest BCUT2D eigenvalue weighted by molar-refractivity contribution is 7.99. The number of nitrogens with zero attached hydrogens (tertiary/aromatic N) is 1. The number of carboxylic acid groups (broad SMARTS) is 1. The third kappa shape index (κ3) is 3.16. The molecule has 1 saturated heterocycles. The Morgan fingerprint density at radius 3 is 2.53 bits per heavy atom. The van der Waals surface area contributed by atoms with Crippen LogP contribution in [0.4, 0.5) is 4.79 Å². The van der Waals surface area contributed by atoms with Crippen LogP contribution in [0.3, 0.4) is 0 Å². The summed E-state index contributed by atoms with van der Waals surface area (Å²) in [5.41, 5.74) is -1.05. The van der Waals surface area contributed by atoms with E-state index in [1.165, 1.54) is 0 Å². The lowest BCUT2D eigenvalue weighted by atomic mass is 9.82. The molecule has 0 aromatic rings. The van der Waals surface area contributed by atoms with Crippen LogP contribution in [-0.2, 0) is 4.79 Å². The van der Waals surface area contributed by atoms with E-state index in [2.05, 4.69) is 5.32 Å². The van der Waals surface area contributed by atoms with Crippen molar-refractivity contribution < 1.29 is 14.7 Å². The van der Waals surface area contributed by atoms with Crippen LogP contribution in [0.15, 0.2) is 0 Å². The predicted molar refractivity (Wildman–Crippen MR) is 75.5 cm³/mol. The first-order valence-corrected chi connectivity index (χ1v) is 8.07. The van der Waals surface area contributed by atoms with Crippen LogP contribution >= 0.6 is 11.8 Å². The molecule has 1 saturated carbocycles. The van der Waals surface area contributed by atoms with Crippen molar-refractivity contribution in [2.45, 2.75) is 50.1 Å². The Kier molecular flexibility index (Phi) is 4.60. The highest BCUT2D eigenvalue weighted by atomic mass is 32.2. The molecule has 0 radical (unpaired) electrons. The number of carboxylic acids is 1. The first kappa shape index (κ1) is 14.5. The normalized spacial score (nSPS) is 25.8. The van der Waals surface area contributed by atoms with E-state index in [9.17, 15) is 14.7 Å². The number of nitrogens with one attached hydrogen (secondary N) is 1. The second-order valence-corrected chi connectivity index (χ2v) is 6.66. The monoisotopic (exact) mass is 286 g/mol. The zero-order valence-corrected chi connectivity index (χ0v) is 12.2. The van der Waals surface area contributed by atoms with Gasteiger partial charge in [0.05, 0.1) is 0 Å². The number of hydrogen-bond acceptors (Lipinski definition) is 3. The fourth-order valence-corrected chi connectivity index (χ4v) is 4.10. The maximum Gasteiger partial charge on any atom is 0.329 e. The van der Waals surface area contributed by atoms with Gasteiger partial charge >= 0.3 is 12.0 Å². The van der Waals surface area contributed by atoms with Crippen molar-refractivity contribution in [2.24, 2.45) is 0 Å². The van der Waals surface area contributed by atoms with Crippen LogP contribution in [0.25, 0.3) is 0 Å². The smallest absolute Gasteiger partial charge is 0.329 e. The van der Waals surface area contributed by atoms with E-state index < -0.39 is 11.5 Å². The van der Waals surface area contributed by atoms with Crippen molar-refractivity contribution in [2.75, 3.05) is 18.6 Å².